The molecule has 0 spiro atoms. The van der Waals surface area contributed by atoms with Crippen molar-refractivity contribution in [2.45, 2.75) is 38.1 Å². The number of anilines is 1. The van der Waals surface area contributed by atoms with Gasteiger partial charge < -0.3 is 19.4 Å². The number of hydrogen-bond donors (Lipinski definition) is 0. The molecule has 2 unspecified atom stereocenters. The van der Waals surface area contributed by atoms with E-state index in [1.807, 2.05) is 14.1 Å². The number of hydrogen-bond acceptors (Lipinski definition) is 6. The fourth-order valence-corrected chi connectivity index (χ4v) is 4.06. The summed E-state index contributed by atoms with van der Waals surface area (Å²) in [6.45, 7) is 2.28. The summed E-state index contributed by atoms with van der Waals surface area (Å²) in [4.78, 5) is 17.8. The zero-order chi connectivity index (χ0) is 17.6. The highest BCUT2D eigenvalue weighted by Gasteiger charge is 2.48. The van der Waals surface area contributed by atoms with Crippen molar-refractivity contribution in [1.29, 1.82) is 0 Å². The first-order valence-corrected chi connectivity index (χ1v) is 8.86. The molecule has 3 aliphatic heterocycles. The highest BCUT2D eigenvalue weighted by atomic mass is 16.6. The van der Waals surface area contributed by atoms with Crippen molar-refractivity contribution < 1.29 is 9.66 Å². The van der Waals surface area contributed by atoms with E-state index in [0.29, 0.717) is 6.54 Å². The maximum atomic E-state index is 11.7. The zero-order valence-corrected chi connectivity index (χ0v) is 14.7. The summed E-state index contributed by atoms with van der Waals surface area (Å²) < 4.78 is 5.94. The highest BCUT2D eigenvalue weighted by molar-refractivity contribution is 5.46. The molecule has 2 atom stereocenters. The molecule has 2 saturated heterocycles. The van der Waals surface area contributed by atoms with Crippen LogP contribution in [0.1, 0.15) is 24.8 Å². The van der Waals surface area contributed by atoms with Gasteiger partial charge in [0.15, 0.2) is 11.9 Å². The van der Waals surface area contributed by atoms with Crippen molar-refractivity contribution in [3.63, 3.8) is 0 Å². The Bertz CT molecular complexity index is 701. The Balaban J connectivity index is 1.63. The second kappa shape index (κ2) is 6.22. The van der Waals surface area contributed by atoms with E-state index in [9.17, 15) is 10.1 Å². The van der Waals surface area contributed by atoms with Crippen LogP contribution in [0.5, 0.6) is 0 Å². The van der Waals surface area contributed by atoms with Crippen LogP contribution in [0.4, 0.5) is 5.69 Å². The fraction of sp³-hybridized carbons (Fsp3) is 0.556. The van der Waals surface area contributed by atoms with Crippen LogP contribution in [-0.2, 0) is 11.3 Å². The summed E-state index contributed by atoms with van der Waals surface area (Å²) in [7, 11) is 4.03. The molecule has 3 heterocycles. The summed E-state index contributed by atoms with van der Waals surface area (Å²) in [5, 5.41) is 11.7. The number of benzene rings is 1. The summed E-state index contributed by atoms with van der Waals surface area (Å²) in [6.07, 6.45) is 2.32. The maximum absolute atomic E-state index is 11.7. The molecule has 7 nitrogen and oxygen atoms in total. The lowest BCUT2D eigenvalue weighted by atomic mass is 10.0. The van der Waals surface area contributed by atoms with Crippen molar-refractivity contribution in [2.75, 3.05) is 32.1 Å². The van der Waals surface area contributed by atoms with Gasteiger partial charge in [-0.1, -0.05) is 12.1 Å². The average molecular weight is 344 g/mol. The van der Waals surface area contributed by atoms with E-state index in [4.69, 9.17) is 4.74 Å². The molecule has 134 valence electrons. The Hall–Kier alpha value is -2.28. The lowest BCUT2D eigenvalue weighted by molar-refractivity contribution is -0.448. The number of nitrogens with zero attached hydrogens (tertiary/aromatic N) is 4. The van der Waals surface area contributed by atoms with Gasteiger partial charge in [-0.05, 0) is 37.0 Å². The third-order valence-corrected chi connectivity index (χ3v) is 5.33. The largest absolute Gasteiger partial charge is 0.378 e. The monoisotopic (exact) mass is 344 g/mol. The van der Waals surface area contributed by atoms with Crippen molar-refractivity contribution in [3.8, 4) is 0 Å². The summed E-state index contributed by atoms with van der Waals surface area (Å²) in [5.74, 6) is 0.780. The van der Waals surface area contributed by atoms with Crippen molar-refractivity contribution in [2.24, 2.45) is 0 Å². The van der Waals surface area contributed by atoms with Gasteiger partial charge in [-0.25, -0.2) is 0 Å². The normalized spacial score (nSPS) is 25.2. The highest BCUT2D eigenvalue weighted by Crippen LogP contribution is 2.39. The lowest BCUT2D eigenvalue weighted by Crippen LogP contribution is -2.48. The van der Waals surface area contributed by atoms with Crippen molar-refractivity contribution in [1.82, 2.24) is 9.80 Å². The third-order valence-electron chi connectivity index (χ3n) is 5.33. The van der Waals surface area contributed by atoms with Crippen molar-refractivity contribution in [3.05, 3.63) is 51.5 Å². The van der Waals surface area contributed by atoms with Crippen LogP contribution >= 0.6 is 0 Å². The van der Waals surface area contributed by atoms with Gasteiger partial charge in [-0.3, -0.25) is 10.1 Å². The molecule has 3 aliphatic rings. The van der Waals surface area contributed by atoms with E-state index >= 15 is 0 Å². The topological polar surface area (TPSA) is 62.1 Å². The molecule has 0 N–H and O–H groups in total. The van der Waals surface area contributed by atoms with Crippen LogP contribution < -0.4 is 4.90 Å². The van der Waals surface area contributed by atoms with Crippen LogP contribution in [0.2, 0.25) is 0 Å². The fourth-order valence-electron chi connectivity index (χ4n) is 4.06. The van der Waals surface area contributed by atoms with Gasteiger partial charge in [0.2, 0.25) is 0 Å². The molecule has 4 rings (SSSR count). The number of ether oxygens (including phenoxy) is 1. The molecule has 0 aliphatic carbocycles. The molecule has 25 heavy (non-hydrogen) atoms. The summed E-state index contributed by atoms with van der Waals surface area (Å²) >= 11 is 0. The molecule has 1 aromatic carbocycles. The van der Waals surface area contributed by atoms with Gasteiger partial charge in [0.25, 0.3) is 0 Å². The van der Waals surface area contributed by atoms with E-state index in [0.717, 1.165) is 43.9 Å². The predicted molar refractivity (Wildman–Crippen MR) is 94.4 cm³/mol. The minimum atomic E-state index is -0.364. The lowest BCUT2D eigenvalue weighted by Gasteiger charge is -2.41. The van der Waals surface area contributed by atoms with Gasteiger partial charge in [-0.2, -0.15) is 0 Å². The quantitative estimate of drug-likeness (QED) is 0.616. The van der Waals surface area contributed by atoms with Gasteiger partial charge in [0.05, 0.1) is 4.92 Å². The number of fused-ring (bicyclic) bond motifs is 4. The first kappa shape index (κ1) is 16.2. The Morgan fingerprint density at radius 1 is 1.24 bits per heavy atom. The molecule has 0 aromatic heterocycles. The molecule has 0 radical (unpaired) electrons. The van der Waals surface area contributed by atoms with E-state index in [-0.39, 0.29) is 23.0 Å². The van der Waals surface area contributed by atoms with E-state index in [1.165, 1.54) is 5.56 Å². The van der Waals surface area contributed by atoms with Gasteiger partial charge in [0.1, 0.15) is 6.23 Å². The minimum absolute atomic E-state index is 0.00133. The molecule has 7 heteroatoms. The smallest absolute Gasteiger partial charge is 0.314 e. The summed E-state index contributed by atoms with van der Waals surface area (Å²) in [6, 6.07) is 8.38. The number of rotatable bonds is 4. The Morgan fingerprint density at radius 3 is 2.68 bits per heavy atom. The van der Waals surface area contributed by atoms with Crippen LogP contribution in [0.25, 0.3) is 0 Å². The molecule has 1 aromatic rings. The number of nitro groups is 1. The molecular formula is C18H24N4O3. The van der Waals surface area contributed by atoms with Crippen LogP contribution in [0, 0.1) is 10.1 Å². The SMILES string of the molecule is CN(C)c1ccc(CN2CCN3C2=C([N+](=O)[O-])C2CCCC3O2)cc1. The Morgan fingerprint density at radius 2 is 2.00 bits per heavy atom. The minimum Gasteiger partial charge on any atom is -0.378 e. The Labute approximate surface area is 147 Å². The zero-order valence-electron chi connectivity index (χ0n) is 14.7. The maximum Gasteiger partial charge on any atom is 0.314 e. The predicted octanol–water partition coefficient (Wildman–Crippen LogP) is 2.22. The van der Waals surface area contributed by atoms with Crippen LogP contribution in [0.3, 0.4) is 0 Å². The van der Waals surface area contributed by atoms with E-state index in [2.05, 4.69) is 39.0 Å². The van der Waals surface area contributed by atoms with Crippen LogP contribution in [0.15, 0.2) is 35.8 Å². The van der Waals surface area contributed by atoms with Gasteiger partial charge in [0, 0.05) is 39.4 Å². The molecular weight excluding hydrogens is 320 g/mol. The van der Waals surface area contributed by atoms with E-state index < -0.39 is 0 Å². The second-order valence-corrected chi connectivity index (χ2v) is 7.15. The molecule has 0 amide bonds. The third kappa shape index (κ3) is 2.82. The second-order valence-electron chi connectivity index (χ2n) is 7.15. The first-order valence-electron chi connectivity index (χ1n) is 8.86. The Kier molecular flexibility index (Phi) is 4.03. The molecule has 0 saturated carbocycles. The first-order chi connectivity index (χ1) is 12.0. The van der Waals surface area contributed by atoms with Gasteiger partial charge in [-0.15, -0.1) is 0 Å². The van der Waals surface area contributed by atoms with Gasteiger partial charge >= 0.3 is 5.70 Å². The molecule has 2 fully saturated rings. The standard InChI is InChI=1S/C18H24N4O3/c1-19(2)14-8-6-13(7-9-14)12-20-10-11-21-16-5-3-4-15(25-16)17(18(20)21)22(23)24/h6-9,15-16H,3-5,10-12H2,1-2H3. The van der Waals surface area contributed by atoms with Crippen LogP contribution in [-0.4, -0.2) is 54.2 Å². The van der Waals surface area contributed by atoms with E-state index in [1.54, 1.807) is 0 Å². The summed E-state index contributed by atoms with van der Waals surface area (Å²) in [5.41, 5.74) is 2.57. The molecule has 2 bridgehead atoms. The average Bonchev–Trinajstić information content (AvgIpc) is 2.99. The van der Waals surface area contributed by atoms with Crippen molar-refractivity contribution >= 4 is 5.69 Å².